The Morgan fingerprint density at radius 2 is 2.00 bits per heavy atom. The van der Waals surface area contributed by atoms with Crippen molar-refractivity contribution < 1.29 is 14.0 Å². The number of carbonyl (C=O) groups excluding carboxylic acids is 2. The third kappa shape index (κ3) is 4.60. The lowest BCUT2D eigenvalue weighted by atomic mass is 9.91. The molecular formula is C19H23FN6O3. The molecule has 0 bridgehead atoms. The zero-order valence-corrected chi connectivity index (χ0v) is 15.9. The number of primary amides is 1. The van der Waals surface area contributed by atoms with E-state index in [9.17, 15) is 18.8 Å². The number of hydrogen-bond acceptors (Lipinski definition) is 7. The second-order valence-electron chi connectivity index (χ2n) is 7.08. The van der Waals surface area contributed by atoms with Gasteiger partial charge >= 0.3 is 0 Å². The number of Topliss-reactive ketones (excluding diaryl/α,β-unsaturated/α-hetero) is 1. The maximum absolute atomic E-state index is 13.8. The molecule has 2 aromatic rings. The van der Waals surface area contributed by atoms with Crippen LogP contribution in [-0.4, -0.2) is 33.7 Å². The molecule has 1 aliphatic carbocycles. The molecule has 10 heteroatoms. The molecule has 1 aliphatic rings. The molecule has 0 spiro atoms. The van der Waals surface area contributed by atoms with Crippen molar-refractivity contribution in [2.24, 2.45) is 11.5 Å². The van der Waals surface area contributed by atoms with E-state index in [4.69, 9.17) is 11.5 Å². The first-order valence-corrected chi connectivity index (χ1v) is 9.30. The molecule has 1 saturated carbocycles. The van der Waals surface area contributed by atoms with Gasteiger partial charge in [0.15, 0.2) is 11.6 Å². The van der Waals surface area contributed by atoms with Gasteiger partial charge in [0.05, 0.1) is 5.56 Å². The zero-order chi connectivity index (χ0) is 21.1. The van der Waals surface area contributed by atoms with Gasteiger partial charge in [-0.3, -0.25) is 19.4 Å². The van der Waals surface area contributed by atoms with Crippen LogP contribution in [0.5, 0.6) is 0 Å². The maximum Gasteiger partial charge on any atom is 0.267 e. The Morgan fingerprint density at radius 3 is 2.66 bits per heavy atom. The number of H-pyrrole nitrogens is 1. The molecule has 1 aromatic carbocycles. The average Bonchev–Trinajstić information content (AvgIpc) is 2.64. The average molecular weight is 402 g/mol. The van der Waals surface area contributed by atoms with Crippen molar-refractivity contribution in [1.29, 1.82) is 0 Å². The molecular weight excluding hydrogens is 379 g/mol. The molecule has 0 radical (unpaired) electrons. The van der Waals surface area contributed by atoms with E-state index in [1.54, 1.807) is 0 Å². The van der Waals surface area contributed by atoms with Crippen molar-refractivity contribution >= 4 is 29.1 Å². The summed E-state index contributed by atoms with van der Waals surface area (Å²) < 4.78 is 13.8. The fraction of sp³-hybridized carbons (Fsp3) is 0.368. The fourth-order valence-electron chi connectivity index (χ4n) is 3.38. The number of nitrogens with two attached hydrogens (primary N) is 2. The van der Waals surface area contributed by atoms with Gasteiger partial charge < -0.3 is 22.1 Å². The molecule has 1 aromatic heterocycles. The summed E-state index contributed by atoms with van der Waals surface area (Å²) in [6.07, 6.45) is 3.73. The molecule has 9 nitrogen and oxygen atoms in total. The minimum absolute atomic E-state index is 0.0747. The number of nitrogens with zero attached hydrogens (tertiary/aromatic N) is 1. The summed E-state index contributed by atoms with van der Waals surface area (Å²) in [5.41, 5.74) is 10.5. The quantitative estimate of drug-likeness (QED) is 0.460. The summed E-state index contributed by atoms with van der Waals surface area (Å²) in [4.78, 5) is 42.5. The molecule has 1 amide bonds. The highest BCUT2D eigenvalue weighted by Gasteiger charge is 2.24. The van der Waals surface area contributed by atoms with Gasteiger partial charge in [0.25, 0.3) is 11.5 Å². The molecule has 29 heavy (non-hydrogen) atoms. The SMILES string of the molecule is CC(=O)c1cc(Nc2nc(N[C@H]3CCCC[C@@H]3N)[nH]c(=O)c2C(N)=O)ccc1F. The molecule has 1 fully saturated rings. The summed E-state index contributed by atoms with van der Waals surface area (Å²) in [6.45, 7) is 1.23. The number of amides is 1. The first kappa shape index (κ1) is 20.5. The van der Waals surface area contributed by atoms with Crippen LogP contribution in [0.4, 0.5) is 21.8 Å². The van der Waals surface area contributed by atoms with Crippen LogP contribution in [0.25, 0.3) is 0 Å². The van der Waals surface area contributed by atoms with Gasteiger partial charge in [-0.2, -0.15) is 4.98 Å². The van der Waals surface area contributed by atoms with Gasteiger partial charge in [0.2, 0.25) is 5.95 Å². The highest BCUT2D eigenvalue weighted by molar-refractivity contribution is 5.98. The lowest BCUT2D eigenvalue weighted by Crippen LogP contribution is -2.43. The molecule has 154 valence electrons. The van der Waals surface area contributed by atoms with Gasteiger partial charge in [0, 0.05) is 17.8 Å². The first-order valence-electron chi connectivity index (χ1n) is 9.30. The Bertz CT molecular complexity index is 1010. The highest BCUT2D eigenvalue weighted by Crippen LogP contribution is 2.23. The number of carbonyl (C=O) groups is 2. The fourth-order valence-corrected chi connectivity index (χ4v) is 3.38. The number of aromatic nitrogens is 2. The smallest absolute Gasteiger partial charge is 0.267 e. The van der Waals surface area contributed by atoms with E-state index in [1.807, 2.05) is 0 Å². The third-order valence-corrected chi connectivity index (χ3v) is 4.92. The van der Waals surface area contributed by atoms with Crippen LogP contribution in [0.3, 0.4) is 0 Å². The normalized spacial score (nSPS) is 18.9. The number of hydrogen-bond donors (Lipinski definition) is 5. The van der Waals surface area contributed by atoms with Crippen LogP contribution in [-0.2, 0) is 0 Å². The van der Waals surface area contributed by atoms with Gasteiger partial charge in [-0.05, 0) is 38.0 Å². The lowest BCUT2D eigenvalue weighted by molar-refractivity contribution is 0.0994. The topological polar surface area (TPSA) is 156 Å². The van der Waals surface area contributed by atoms with Crippen molar-refractivity contribution in [2.45, 2.75) is 44.7 Å². The summed E-state index contributed by atoms with van der Waals surface area (Å²) in [5, 5.41) is 5.89. The molecule has 1 heterocycles. The van der Waals surface area contributed by atoms with Crippen LogP contribution < -0.4 is 27.7 Å². The highest BCUT2D eigenvalue weighted by atomic mass is 19.1. The van der Waals surface area contributed by atoms with Crippen molar-refractivity contribution in [3.8, 4) is 0 Å². The van der Waals surface area contributed by atoms with Gasteiger partial charge in [-0.25, -0.2) is 4.39 Å². The summed E-state index contributed by atoms with van der Waals surface area (Å²) in [6, 6.07) is 3.58. The van der Waals surface area contributed by atoms with Crippen LogP contribution in [0, 0.1) is 5.82 Å². The molecule has 0 aliphatic heterocycles. The van der Waals surface area contributed by atoms with Crippen molar-refractivity contribution in [2.75, 3.05) is 10.6 Å². The van der Waals surface area contributed by atoms with Gasteiger partial charge in [-0.1, -0.05) is 12.8 Å². The molecule has 7 N–H and O–H groups in total. The minimum Gasteiger partial charge on any atom is -0.365 e. The van der Waals surface area contributed by atoms with Crippen LogP contribution in [0.15, 0.2) is 23.0 Å². The minimum atomic E-state index is -0.976. The number of halogens is 1. The van der Waals surface area contributed by atoms with E-state index in [0.717, 1.165) is 31.7 Å². The number of ketones is 1. The number of rotatable bonds is 6. The predicted molar refractivity (Wildman–Crippen MR) is 107 cm³/mol. The second-order valence-corrected chi connectivity index (χ2v) is 7.08. The largest absolute Gasteiger partial charge is 0.365 e. The van der Waals surface area contributed by atoms with Crippen LogP contribution in [0.2, 0.25) is 0 Å². The number of aromatic amines is 1. The molecule has 0 saturated heterocycles. The van der Waals surface area contributed by atoms with E-state index in [1.165, 1.54) is 19.1 Å². The van der Waals surface area contributed by atoms with E-state index >= 15 is 0 Å². The van der Waals surface area contributed by atoms with Gasteiger partial charge in [0.1, 0.15) is 11.4 Å². The Balaban J connectivity index is 1.97. The van der Waals surface area contributed by atoms with Crippen molar-refractivity contribution in [3.05, 3.63) is 45.5 Å². The van der Waals surface area contributed by atoms with Crippen LogP contribution >= 0.6 is 0 Å². The second kappa shape index (κ2) is 8.39. The molecule has 3 rings (SSSR count). The van der Waals surface area contributed by atoms with Crippen LogP contribution in [0.1, 0.15) is 53.3 Å². The lowest BCUT2D eigenvalue weighted by Gasteiger charge is -2.29. The number of anilines is 3. The van der Waals surface area contributed by atoms with E-state index in [-0.39, 0.29) is 40.7 Å². The van der Waals surface area contributed by atoms with Crippen molar-refractivity contribution in [3.63, 3.8) is 0 Å². The maximum atomic E-state index is 13.8. The monoisotopic (exact) mass is 402 g/mol. The summed E-state index contributed by atoms with van der Waals surface area (Å²) in [7, 11) is 0. The summed E-state index contributed by atoms with van der Waals surface area (Å²) >= 11 is 0. The van der Waals surface area contributed by atoms with Crippen molar-refractivity contribution in [1.82, 2.24) is 9.97 Å². The summed E-state index contributed by atoms with van der Waals surface area (Å²) in [5.74, 6) is -2.08. The third-order valence-electron chi connectivity index (χ3n) is 4.92. The standard InChI is InChI=1S/C19H23FN6O3/c1-9(27)11-8-10(6-7-12(11)20)23-17-15(16(22)28)18(29)26-19(25-17)24-14-5-3-2-4-13(14)21/h6-8,13-14H,2-5,21H2,1H3,(H2,22,28)(H3,23,24,25,26,29)/t13-,14-/m0/s1. The Labute approximate surface area is 166 Å². The first-order chi connectivity index (χ1) is 13.8. The predicted octanol–water partition coefficient (Wildman–Crippen LogP) is 1.64. The Kier molecular flexibility index (Phi) is 5.92. The van der Waals surface area contributed by atoms with E-state index in [2.05, 4.69) is 20.6 Å². The number of nitrogens with one attached hydrogen (secondary N) is 3. The van der Waals surface area contributed by atoms with E-state index in [0.29, 0.717) is 0 Å². The number of benzene rings is 1. The Hall–Kier alpha value is -3.27. The van der Waals surface area contributed by atoms with E-state index < -0.39 is 23.1 Å². The van der Waals surface area contributed by atoms with Gasteiger partial charge in [-0.15, -0.1) is 0 Å². The Morgan fingerprint density at radius 1 is 1.28 bits per heavy atom. The molecule has 2 atom stereocenters. The molecule has 0 unspecified atom stereocenters. The zero-order valence-electron chi connectivity index (χ0n) is 15.9.